The number of aliphatic imine (C=N–C) groups is 1. The number of nitrogens with zero attached hydrogens (tertiary/aromatic N) is 6. The minimum atomic E-state index is -4.07. The number of rotatable bonds is 10. The van der Waals surface area contributed by atoms with E-state index in [1.165, 1.54) is 25.7 Å². The van der Waals surface area contributed by atoms with Crippen molar-refractivity contribution in [1.29, 1.82) is 0 Å². The van der Waals surface area contributed by atoms with Gasteiger partial charge in [0.2, 0.25) is 16.0 Å². The number of nitrogens with one attached hydrogen (secondary N) is 1. The molecule has 1 aromatic carbocycles. The number of ether oxygens (including phenoxy) is 2. The van der Waals surface area contributed by atoms with Crippen molar-refractivity contribution in [2.24, 2.45) is 4.99 Å². The molecule has 0 saturated carbocycles. The Morgan fingerprint density at radius 2 is 1.70 bits per heavy atom. The number of sulfonamides is 1. The third-order valence-electron chi connectivity index (χ3n) is 5.61. The molecule has 0 aliphatic carbocycles. The first kappa shape index (κ1) is 27.7. The Labute approximate surface area is 215 Å². The molecule has 2 atom stereocenters. The van der Waals surface area contributed by atoms with Crippen LogP contribution >= 0.6 is 0 Å². The molecule has 11 nitrogen and oxygen atoms in total. The molecule has 3 rings (SSSR count). The number of benzene rings is 1. The fraction of sp³-hybridized carbons (Fsp3) is 0.375. The summed E-state index contributed by atoms with van der Waals surface area (Å²) in [6, 6.07) is 5.16. The van der Waals surface area contributed by atoms with Crippen LogP contribution in [0.2, 0.25) is 0 Å². The number of anilines is 1. The topological polar surface area (TPSA) is 133 Å². The van der Waals surface area contributed by atoms with Gasteiger partial charge in [-0.1, -0.05) is 19.1 Å². The van der Waals surface area contributed by atoms with E-state index >= 15 is 0 Å². The van der Waals surface area contributed by atoms with Crippen molar-refractivity contribution < 1.29 is 22.3 Å². The van der Waals surface area contributed by atoms with Crippen molar-refractivity contribution in [1.82, 2.24) is 24.7 Å². The van der Waals surface area contributed by atoms with Crippen LogP contribution in [0.25, 0.3) is 11.4 Å². The highest BCUT2D eigenvalue weighted by Crippen LogP contribution is 2.37. The van der Waals surface area contributed by atoms with E-state index in [4.69, 9.17) is 9.47 Å². The Kier molecular flexibility index (Phi) is 8.58. The fourth-order valence-corrected chi connectivity index (χ4v) is 4.75. The molecule has 0 fully saturated rings. The lowest BCUT2D eigenvalue weighted by atomic mass is 10.1. The molecule has 3 aromatic rings. The van der Waals surface area contributed by atoms with Crippen LogP contribution in [-0.2, 0) is 10.0 Å². The van der Waals surface area contributed by atoms with E-state index in [9.17, 15) is 12.8 Å². The summed E-state index contributed by atoms with van der Waals surface area (Å²) in [5.41, 5.74) is 1.61. The lowest BCUT2D eigenvalue weighted by Gasteiger charge is -2.21. The molecule has 0 aliphatic rings. The maximum atomic E-state index is 13.5. The second-order valence-corrected chi connectivity index (χ2v) is 10.4. The van der Waals surface area contributed by atoms with Gasteiger partial charge >= 0.3 is 0 Å². The molecular formula is C24H30FN7O4S. The SMILES string of the molecule is C/C=C(\N=C(C)C)c1nnc(NS(=O)(=O)[C@@H](C)[C@H](C)c2ncc(F)cn2)n1-c1c(OC)cccc1OC. The maximum absolute atomic E-state index is 13.5. The Bertz CT molecular complexity index is 1390. The van der Waals surface area contributed by atoms with Gasteiger partial charge in [0, 0.05) is 11.6 Å². The minimum absolute atomic E-state index is 0.0971. The van der Waals surface area contributed by atoms with Gasteiger partial charge in [0.1, 0.15) is 28.7 Å². The van der Waals surface area contributed by atoms with E-state index in [0.29, 0.717) is 22.9 Å². The van der Waals surface area contributed by atoms with E-state index in [0.717, 1.165) is 18.1 Å². The molecule has 0 aliphatic heterocycles. The summed E-state index contributed by atoms with van der Waals surface area (Å²) in [7, 11) is -1.09. The lowest BCUT2D eigenvalue weighted by molar-refractivity contribution is 0.391. The molecular weight excluding hydrogens is 501 g/mol. The van der Waals surface area contributed by atoms with Gasteiger partial charge in [0.05, 0.1) is 31.9 Å². The van der Waals surface area contributed by atoms with Crippen LogP contribution in [0, 0.1) is 5.82 Å². The van der Waals surface area contributed by atoms with Crippen LogP contribution in [0.4, 0.5) is 10.3 Å². The van der Waals surface area contributed by atoms with Crippen molar-refractivity contribution in [3.8, 4) is 17.2 Å². The van der Waals surface area contributed by atoms with Crippen molar-refractivity contribution >= 4 is 27.4 Å². The van der Waals surface area contributed by atoms with Gasteiger partial charge in [-0.15, -0.1) is 10.2 Å². The molecule has 13 heteroatoms. The molecule has 0 bridgehead atoms. The van der Waals surface area contributed by atoms with Crippen LogP contribution in [0.5, 0.6) is 11.5 Å². The van der Waals surface area contributed by atoms with Gasteiger partial charge < -0.3 is 9.47 Å². The Balaban J connectivity index is 2.17. The summed E-state index contributed by atoms with van der Waals surface area (Å²) in [5, 5.41) is 7.40. The second kappa shape index (κ2) is 11.5. The zero-order valence-electron chi connectivity index (χ0n) is 21.7. The Morgan fingerprint density at radius 3 is 2.22 bits per heavy atom. The molecule has 198 valence electrons. The van der Waals surface area contributed by atoms with Crippen LogP contribution < -0.4 is 14.2 Å². The van der Waals surface area contributed by atoms with Crippen LogP contribution in [0.1, 0.15) is 52.2 Å². The molecule has 0 spiro atoms. The average Bonchev–Trinajstić information content (AvgIpc) is 3.27. The molecule has 0 radical (unpaired) electrons. The summed E-state index contributed by atoms with van der Waals surface area (Å²) in [5.74, 6) is -0.109. The number of hydrogen-bond donors (Lipinski definition) is 1. The predicted octanol–water partition coefficient (Wildman–Crippen LogP) is 3.99. The van der Waals surface area contributed by atoms with Crippen LogP contribution in [-0.4, -0.2) is 58.3 Å². The Morgan fingerprint density at radius 1 is 1.11 bits per heavy atom. The lowest BCUT2D eigenvalue weighted by Crippen LogP contribution is -2.31. The summed E-state index contributed by atoms with van der Waals surface area (Å²) in [6.07, 6.45) is 3.73. The molecule has 37 heavy (non-hydrogen) atoms. The molecule has 2 heterocycles. The minimum Gasteiger partial charge on any atom is -0.494 e. The van der Waals surface area contributed by atoms with E-state index in [2.05, 4.69) is 29.9 Å². The van der Waals surface area contributed by atoms with Gasteiger partial charge in [0.25, 0.3) is 0 Å². The number of halogens is 1. The summed E-state index contributed by atoms with van der Waals surface area (Å²) in [4.78, 5) is 12.4. The van der Waals surface area contributed by atoms with Gasteiger partial charge in [-0.2, -0.15) is 0 Å². The van der Waals surface area contributed by atoms with E-state index < -0.39 is 27.0 Å². The van der Waals surface area contributed by atoms with Crippen LogP contribution in [0.15, 0.2) is 41.7 Å². The standard InChI is InChI=1S/C24H30FN7O4S/c1-8-18(28-14(2)3)23-29-30-24(32(23)21-19(35-6)10-9-11-20(21)36-7)31-37(33,34)16(5)15(4)22-26-12-17(25)13-27-22/h8-13,15-16H,1-7H3,(H,30,31)/b18-8-/t15-,16-/m0/s1. The van der Waals surface area contributed by atoms with Crippen molar-refractivity contribution in [3.63, 3.8) is 0 Å². The average molecular weight is 532 g/mol. The number of hydrogen-bond acceptors (Lipinski definition) is 9. The van der Waals surface area contributed by atoms with E-state index in [1.54, 1.807) is 38.1 Å². The Hall–Kier alpha value is -3.87. The van der Waals surface area contributed by atoms with E-state index in [-0.39, 0.29) is 17.6 Å². The smallest absolute Gasteiger partial charge is 0.243 e. The van der Waals surface area contributed by atoms with E-state index in [1.807, 2.05) is 13.8 Å². The van der Waals surface area contributed by atoms with Gasteiger partial charge in [0.15, 0.2) is 11.6 Å². The highest BCUT2D eigenvalue weighted by Gasteiger charge is 2.32. The highest BCUT2D eigenvalue weighted by atomic mass is 32.2. The largest absolute Gasteiger partial charge is 0.494 e. The summed E-state index contributed by atoms with van der Waals surface area (Å²) in [6.45, 7) is 8.60. The zero-order chi connectivity index (χ0) is 27.3. The first-order chi connectivity index (χ1) is 17.5. The van der Waals surface area contributed by atoms with Crippen molar-refractivity contribution in [3.05, 3.63) is 54.1 Å². The quantitative estimate of drug-likeness (QED) is 0.388. The molecule has 0 unspecified atom stereocenters. The number of para-hydroxylation sites is 1. The first-order valence-electron chi connectivity index (χ1n) is 11.4. The predicted molar refractivity (Wildman–Crippen MR) is 139 cm³/mol. The number of aromatic nitrogens is 5. The van der Waals surface area contributed by atoms with Gasteiger partial charge in [-0.25, -0.2) is 22.8 Å². The number of allylic oxidation sites excluding steroid dienone is 1. The number of methoxy groups -OCH3 is 2. The molecule has 0 amide bonds. The third kappa shape index (κ3) is 5.93. The normalized spacial score (nSPS) is 13.6. The molecule has 2 aromatic heterocycles. The summed E-state index contributed by atoms with van der Waals surface area (Å²) >= 11 is 0. The van der Waals surface area contributed by atoms with Crippen LogP contribution in [0.3, 0.4) is 0 Å². The highest BCUT2D eigenvalue weighted by molar-refractivity contribution is 7.93. The molecule has 1 N–H and O–H groups in total. The van der Waals surface area contributed by atoms with Gasteiger partial charge in [-0.3, -0.25) is 14.3 Å². The van der Waals surface area contributed by atoms with Crippen molar-refractivity contribution in [2.75, 3.05) is 18.9 Å². The first-order valence-corrected chi connectivity index (χ1v) is 12.9. The maximum Gasteiger partial charge on any atom is 0.243 e. The molecule has 0 saturated heterocycles. The van der Waals surface area contributed by atoms with Crippen molar-refractivity contribution in [2.45, 2.75) is 45.8 Å². The fourth-order valence-electron chi connectivity index (χ4n) is 3.52. The third-order valence-corrected chi connectivity index (χ3v) is 7.46. The monoisotopic (exact) mass is 531 g/mol. The van der Waals surface area contributed by atoms with Gasteiger partial charge in [-0.05, 0) is 39.8 Å². The summed E-state index contributed by atoms with van der Waals surface area (Å²) < 4.78 is 55.4. The second-order valence-electron chi connectivity index (χ2n) is 8.33. The zero-order valence-corrected chi connectivity index (χ0v) is 22.5.